The Labute approximate surface area is 123 Å². The van der Waals surface area contributed by atoms with Crippen LogP contribution in [0.15, 0.2) is 0 Å². The van der Waals surface area contributed by atoms with Gasteiger partial charge in [0, 0.05) is 12.8 Å². The van der Waals surface area contributed by atoms with Crippen LogP contribution in [0.5, 0.6) is 0 Å². The lowest BCUT2D eigenvalue weighted by atomic mass is 10.1. The predicted molar refractivity (Wildman–Crippen MR) is 81.1 cm³/mol. The summed E-state index contributed by atoms with van der Waals surface area (Å²) in [7, 11) is 0. The Hall–Kier alpha value is -1.89. The third kappa shape index (κ3) is 2.40. The van der Waals surface area contributed by atoms with E-state index in [0.717, 1.165) is 41.3 Å². The molecule has 20 heavy (non-hydrogen) atoms. The highest BCUT2D eigenvalue weighted by molar-refractivity contribution is 7.80. The topological polar surface area (TPSA) is 82.5 Å². The van der Waals surface area contributed by atoms with Crippen molar-refractivity contribution in [1.82, 2.24) is 25.0 Å². The van der Waals surface area contributed by atoms with Crippen molar-refractivity contribution in [2.24, 2.45) is 5.73 Å². The quantitative estimate of drug-likeness (QED) is 0.858. The van der Waals surface area contributed by atoms with Gasteiger partial charge < -0.3 is 5.73 Å². The minimum absolute atomic E-state index is 0.297. The lowest BCUT2D eigenvalue weighted by molar-refractivity contribution is 0.742. The van der Waals surface area contributed by atoms with Gasteiger partial charge in [0.25, 0.3) is 0 Å². The van der Waals surface area contributed by atoms with E-state index in [9.17, 15) is 0 Å². The summed E-state index contributed by atoms with van der Waals surface area (Å²) in [5.74, 6) is 2.16. The van der Waals surface area contributed by atoms with Gasteiger partial charge in [-0.05, 0) is 19.4 Å². The van der Waals surface area contributed by atoms with Crippen molar-refractivity contribution in [3.05, 3.63) is 28.5 Å². The van der Waals surface area contributed by atoms with Crippen molar-refractivity contribution in [2.45, 2.75) is 40.5 Å². The van der Waals surface area contributed by atoms with Gasteiger partial charge in [-0.25, -0.2) is 4.98 Å². The fourth-order valence-corrected chi connectivity index (χ4v) is 2.22. The summed E-state index contributed by atoms with van der Waals surface area (Å²) < 4.78 is 1.70. The number of thiocarbonyl (C=S) groups is 1. The molecule has 0 amide bonds. The van der Waals surface area contributed by atoms with Gasteiger partial charge in [-0.1, -0.05) is 26.1 Å². The van der Waals surface area contributed by atoms with E-state index in [0.29, 0.717) is 10.8 Å². The summed E-state index contributed by atoms with van der Waals surface area (Å²) >= 11 is 5.16. The average molecular weight is 290 g/mol. The lowest BCUT2D eigenvalue weighted by Gasteiger charge is -2.12. The number of aryl methyl sites for hydroxylation is 3. The molecule has 106 valence electrons. The Morgan fingerprint density at radius 2 is 1.90 bits per heavy atom. The molecule has 0 aliphatic heterocycles. The first-order chi connectivity index (χ1) is 9.49. The van der Waals surface area contributed by atoms with E-state index in [2.05, 4.69) is 20.3 Å². The lowest BCUT2D eigenvalue weighted by Crippen LogP contribution is -2.20. The molecule has 0 atom stereocenters. The number of hydrogen-bond donors (Lipinski definition) is 1. The maximum Gasteiger partial charge on any atom is 0.188 e. The van der Waals surface area contributed by atoms with Crippen LogP contribution in [0.25, 0.3) is 5.82 Å². The number of aromatic nitrogens is 5. The Balaban J connectivity index is 2.72. The third-order valence-corrected chi connectivity index (χ3v) is 3.44. The van der Waals surface area contributed by atoms with Crippen molar-refractivity contribution in [3.63, 3.8) is 0 Å². The molecule has 0 fully saturated rings. The van der Waals surface area contributed by atoms with Crippen molar-refractivity contribution in [1.29, 1.82) is 0 Å². The minimum atomic E-state index is 0.297. The van der Waals surface area contributed by atoms with Crippen molar-refractivity contribution >= 4 is 17.2 Å². The fraction of sp³-hybridized carbons (Fsp3) is 0.462. The molecule has 7 heteroatoms. The zero-order valence-electron chi connectivity index (χ0n) is 12.1. The van der Waals surface area contributed by atoms with Crippen molar-refractivity contribution < 1.29 is 0 Å². The van der Waals surface area contributed by atoms with Crippen molar-refractivity contribution in [2.75, 3.05) is 0 Å². The first-order valence-corrected chi connectivity index (χ1v) is 6.99. The maximum absolute atomic E-state index is 5.85. The molecule has 0 aliphatic rings. The molecule has 0 bridgehead atoms. The molecule has 2 rings (SSSR count). The SMILES string of the molecule is CCc1nc(CC)n(-c2nnc(C)c(C)c2C(N)=S)n1. The molecule has 2 N–H and O–H groups in total. The average Bonchev–Trinajstić information content (AvgIpc) is 2.84. The highest BCUT2D eigenvalue weighted by atomic mass is 32.1. The molecule has 0 unspecified atom stereocenters. The van der Waals surface area contributed by atoms with E-state index in [1.54, 1.807) is 4.68 Å². The normalized spacial score (nSPS) is 10.8. The molecule has 2 heterocycles. The first kappa shape index (κ1) is 14.5. The van der Waals surface area contributed by atoms with Gasteiger partial charge in [0.15, 0.2) is 11.6 Å². The van der Waals surface area contributed by atoms with E-state index >= 15 is 0 Å². The number of nitrogens with two attached hydrogens (primary N) is 1. The monoisotopic (exact) mass is 290 g/mol. The summed E-state index contributed by atoms with van der Waals surface area (Å²) in [5, 5.41) is 12.9. The number of rotatable bonds is 4. The van der Waals surface area contributed by atoms with E-state index in [1.807, 2.05) is 27.7 Å². The first-order valence-electron chi connectivity index (χ1n) is 6.58. The van der Waals surface area contributed by atoms with Crippen LogP contribution in [0.2, 0.25) is 0 Å². The molecule has 0 aromatic carbocycles. The molecule has 0 aliphatic carbocycles. The van der Waals surface area contributed by atoms with Gasteiger partial charge in [0.05, 0.1) is 11.3 Å². The molecule has 2 aromatic rings. The Bertz CT molecular complexity index is 661. The second kappa shape index (κ2) is 5.62. The molecular formula is C13H18N6S. The summed E-state index contributed by atoms with van der Waals surface area (Å²) in [6, 6.07) is 0. The van der Waals surface area contributed by atoms with Crippen LogP contribution in [-0.2, 0) is 12.8 Å². The summed E-state index contributed by atoms with van der Waals surface area (Å²) in [6.07, 6.45) is 1.51. The zero-order chi connectivity index (χ0) is 14.9. The van der Waals surface area contributed by atoms with Gasteiger partial charge in [-0.15, -0.1) is 10.2 Å². The summed E-state index contributed by atoms with van der Waals surface area (Å²) in [4.78, 5) is 4.77. The van der Waals surface area contributed by atoms with Gasteiger partial charge in [-0.3, -0.25) is 0 Å². The van der Waals surface area contributed by atoms with Crippen LogP contribution < -0.4 is 5.73 Å². The van der Waals surface area contributed by atoms with Crippen LogP contribution >= 0.6 is 12.2 Å². The van der Waals surface area contributed by atoms with Crippen LogP contribution in [0.4, 0.5) is 0 Å². The summed E-state index contributed by atoms with van der Waals surface area (Å²) in [5.41, 5.74) is 8.31. The largest absolute Gasteiger partial charge is 0.389 e. The number of nitrogens with zero attached hydrogens (tertiary/aromatic N) is 5. The van der Waals surface area contributed by atoms with Gasteiger partial charge in [0.2, 0.25) is 0 Å². The Morgan fingerprint density at radius 3 is 2.45 bits per heavy atom. The van der Waals surface area contributed by atoms with Crippen LogP contribution in [0, 0.1) is 13.8 Å². The van der Waals surface area contributed by atoms with Crippen molar-refractivity contribution in [3.8, 4) is 5.82 Å². The second-order valence-corrected chi connectivity index (χ2v) is 4.98. The molecule has 0 spiro atoms. The third-order valence-electron chi connectivity index (χ3n) is 3.23. The molecule has 2 aromatic heterocycles. The van der Waals surface area contributed by atoms with Crippen LogP contribution in [0.1, 0.15) is 42.3 Å². The minimum Gasteiger partial charge on any atom is -0.389 e. The van der Waals surface area contributed by atoms with Gasteiger partial charge in [-0.2, -0.15) is 9.78 Å². The van der Waals surface area contributed by atoms with E-state index in [1.165, 1.54) is 0 Å². The molecule has 6 nitrogen and oxygen atoms in total. The smallest absolute Gasteiger partial charge is 0.188 e. The summed E-state index contributed by atoms with van der Waals surface area (Å²) in [6.45, 7) is 7.85. The zero-order valence-corrected chi connectivity index (χ0v) is 13.0. The van der Waals surface area contributed by atoms with E-state index in [-0.39, 0.29) is 0 Å². The predicted octanol–water partition coefficient (Wildman–Crippen LogP) is 1.43. The maximum atomic E-state index is 5.85. The van der Waals surface area contributed by atoms with Gasteiger partial charge in [0.1, 0.15) is 10.8 Å². The fourth-order valence-electron chi connectivity index (χ4n) is 1.98. The van der Waals surface area contributed by atoms with E-state index < -0.39 is 0 Å². The highest BCUT2D eigenvalue weighted by Crippen LogP contribution is 2.19. The van der Waals surface area contributed by atoms with Gasteiger partial charge >= 0.3 is 0 Å². The van der Waals surface area contributed by atoms with E-state index in [4.69, 9.17) is 18.0 Å². The van der Waals surface area contributed by atoms with Crippen LogP contribution in [-0.4, -0.2) is 30.0 Å². The second-order valence-electron chi connectivity index (χ2n) is 4.54. The standard InChI is InChI=1S/C13H18N6S/c1-5-9-15-10(6-2)19(18-9)13-11(12(14)20)7(3)8(4)16-17-13/h5-6H2,1-4H3,(H2,14,20). The molecular weight excluding hydrogens is 272 g/mol. The van der Waals surface area contributed by atoms with Crippen LogP contribution in [0.3, 0.4) is 0 Å². The Kier molecular flexibility index (Phi) is 4.08. The molecule has 0 radical (unpaired) electrons. The number of hydrogen-bond acceptors (Lipinski definition) is 5. The highest BCUT2D eigenvalue weighted by Gasteiger charge is 2.19. The molecule has 0 saturated heterocycles. The Morgan fingerprint density at radius 1 is 1.20 bits per heavy atom. The molecule has 0 saturated carbocycles.